The largest absolute Gasteiger partial charge is 0.348 e. The van der Waals surface area contributed by atoms with Crippen LogP contribution in [0.1, 0.15) is 35.3 Å². The minimum Gasteiger partial charge on any atom is -0.348 e. The third-order valence-electron chi connectivity index (χ3n) is 3.51. The Labute approximate surface area is 163 Å². The molecule has 8 heteroatoms. The van der Waals surface area contributed by atoms with Crippen LogP contribution in [0.5, 0.6) is 0 Å². The van der Waals surface area contributed by atoms with Crippen molar-refractivity contribution in [2.24, 2.45) is 0 Å². The summed E-state index contributed by atoms with van der Waals surface area (Å²) in [4.78, 5) is 12.4. The van der Waals surface area contributed by atoms with Crippen LogP contribution in [0.4, 0.5) is 0 Å². The first-order valence-corrected chi connectivity index (χ1v) is 10.4. The summed E-state index contributed by atoms with van der Waals surface area (Å²) in [6.45, 7) is 3.68. The van der Waals surface area contributed by atoms with Gasteiger partial charge in [-0.25, -0.2) is 13.1 Å². The van der Waals surface area contributed by atoms with Crippen LogP contribution in [0.25, 0.3) is 0 Å². The number of carbonyl (C=O) groups excluding carboxylic acids is 1. The molecule has 0 aliphatic carbocycles. The maximum Gasteiger partial charge on any atom is 0.254 e. The molecule has 2 aromatic rings. The fourth-order valence-corrected chi connectivity index (χ4v) is 4.52. The lowest BCUT2D eigenvalue weighted by Crippen LogP contribution is -2.32. The molecule has 0 spiro atoms. The molecule has 0 unspecified atom stereocenters. The van der Waals surface area contributed by atoms with Gasteiger partial charge in [0.25, 0.3) is 5.91 Å². The Hall–Kier alpha value is -1.60. The monoisotopic (exact) mass is 414 g/mol. The molecule has 2 N–H and O–H groups in total. The summed E-state index contributed by atoms with van der Waals surface area (Å²) >= 11 is 12.1. The molecule has 140 valence electrons. The van der Waals surface area contributed by atoms with Crippen LogP contribution in [-0.4, -0.2) is 20.4 Å². The zero-order chi connectivity index (χ0) is 19.3. The molecule has 0 aromatic heterocycles. The minimum atomic E-state index is -3.47. The van der Waals surface area contributed by atoms with Crippen molar-refractivity contribution >= 4 is 39.1 Å². The highest BCUT2D eigenvalue weighted by Gasteiger charge is 2.17. The lowest BCUT2D eigenvalue weighted by atomic mass is 10.1. The number of nitrogens with one attached hydrogen (secondary N) is 2. The van der Waals surface area contributed by atoms with Gasteiger partial charge in [0.15, 0.2) is 0 Å². The van der Waals surface area contributed by atoms with Crippen molar-refractivity contribution in [3.05, 3.63) is 69.2 Å². The molecule has 2 rings (SSSR count). The van der Waals surface area contributed by atoms with Crippen LogP contribution in [0, 0.1) is 0 Å². The number of hydrogen-bond acceptors (Lipinski definition) is 3. The van der Waals surface area contributed by atoms with Crippen LogP contribution in [0.15, 0.2) is 42.5 Å². The normalized spacial score (nSPS) is 11.6. The fraction of sp³-hybridized carbons (Fsp3) is 0.278. The summed E-state index contributed by atoms with van der Waals surface area (Å²) in [7, 11) is -3.47. The van der Waals surface area contributed by atoms with Gasteiger partial charge in [-0.15, -0.1) is 0 Å². The van der Waals surface area contributed by atoms with E-state index in [1.807, 2.05) is 0 Å². The second-order valence-electron chi connectivity index (χ2n) is 6.08. The zero-order valence-electron chi connectivity index (χ0n) is 14.4. The van der Waals surface area contributed by atoms with E-state index >= 15 is 0 Å². The minimum absolute atomic E-state index is 0.160. The standard InChI is InChI=1S/C18H20Cl2N2O3S/c1-12(2)22-26(24,25)11-14-7-4-3-6-13(14)10-21-18(23)17-15(19)8-5-9-16(17)20/h3-9,12,22H,10-11H2,1-2H3,(H,21,23). The Morgan fingerprint density at radius 1 is 1.00 bits per heavy atom. The first-order valence-electron chi connectivity index (χ1n) is 7.98. The average molecular weight is 415 g/mol. The molecule has 0 radical (unpaired) electrons. The van der Waals surface area contributed by atoms with E-state index in [2.05, 4.69) is 10.0 Å². The van der Waals surface area contributed by atoms with Crippen molar-refractivity contribution in [1.82, 2.24) is 10.0 Å². The summed E-state index contributed by atoms with van der Waals surface area (Å²) in [6.07, 6.45) is 0. The van der Waals surface area contributed by atoms with Gasteiger partial charge in [0.05, 0.1) is 21.4 Å². The molecule has 2 aromatic carbocycles. The number of benzene rings is 2. The Morgan fingerprint density at radius 2 is 1.58 bits per heavy atom. The van der Waals surface area contributed by atoms with Crippen molar-refractivity contribution in [2.75, 3.05) is 0 Å². The molecule has 0 aliphatic rings. The Balaban J connectivity index is 2.15. The highest BCUT2D eigenvalue weighted by atomic mass is 35.5. The van der Waals surface area contributed by atoms with Crippen molar-refractivity contribution in [1.29, 1.82) is 0 Å². The second kappa shape index (κ2) is 8.86. The Bertz CT molecular complexity index is 879. The fourth-order valence-electron chi connectivity index (χ4n) is 2.45. The lowest BCUT2D eigenvalue weighted by molar-refractivity contribution is 0.0951. The van der Waals surface area contributed by atoms with Gasteiger partial charge in [-0.2, -0.15) is 0 Å². The molecule has 1 amide bonds. The van der Waals surface area contributed by atoms with Gasteiger partial charge in [0, 0.05) is 12.6 Å². The number of hydrogen-bond donors (Lipinski definition) is 2. The van der Waals surface area contributed by atoms with E-state index in [4.69, 9.17) is 23.2 Å². The topological polar surface area (TPSA) is 75.3 Å². The third-order valence-corrected chi connectivity index (χ3v) is 5.66. The van der Waals surface area contributed by atoms with E-state index in [0.29, 0.717) is 11.1 Å². The van der Waals surface area contributed by atoms with Gasteiger partial charge in [0.1, 0.15) is 0 Å². The van der Waals surface area contributed by atoms with Crippen molar-refractivity contribution in [2.45, 2.75) is 32.2 Å². The Morgan fingerprint density at radius 3 is 2.15 bits per heavy atom. The van der Waals surface area contributed by atoms with Crippen LogP contribution in [-0.2, 0) is 22.3 Å². The molecular weight excluding hydrogens is 395 g/mol. The third kappa shape index (κ3) is 5.71. The Kier molecular flexibility index (Phi) is 7.06. The van der Waals surface area contributed by atoms with Crippen LogP contribution < -0.4 is 10.0 Å². The number of sulfonamides is 1. The molecule has 0 bridgehead atoms. The molecule has 0 saturated carbocycles. The first-order chi connectivity index (χ1) is 12.2. The predicted molar refractivity (Wildman–Crippen MR) is 105 cm³/mol. The maximum absolute atomic E-state index is 12.4. The molecule has 0 heterocycles. The summed E-state index contributed by atoms with van der Waals surface area (Å²) in [5, 5.41) is 3.25. The van der Waals surface area contributed by atoms with E-state index < -0.39 is 15.9 Å². The smallest absolute Gasteiger partial charge is 0.254 e. The molecule has 0 atom stereocenters. The van der Waals surface area contributed by atoms with E-state index in [-0.39, 0.29) is 33.9 Å². The van der Waals surface area contributed by atoms with Crippen LogP contribution in [0.2, 0.25) is 10.0 Å². The van der Waals surface area contributed by atoms with Gasteiger partial charge in [0.2, 0.25) is 10.0 Å². The van der Waals surface area contributed by atoms with E-state index in [1.165, 1.54) is 0 Å². The quantitative estimate of drug-likeness (QED) is 0.723. The van der Waals surface area contributed by atoms with Gasteiger partial charge in [-0.3, -0.25) is 4.79 Å². The molecule has 0 saturated heterocycles. The van der Waals surface area contributed by atoms with E-state index in [1.54, 1.807) is 56.3 Å². The highest BCUT2D eigenvalue weighted by molar-refractivity contribution is 7.88. The summed E-state index contributed by atoms with van der Waals surface area (Å²) in [5.74, 6) is -0.581. The lowest BCUT2D eigenvalue weighted by Gasteiger charge is -2.14. The van der Waals surface area contributed by atoms with Crippen molar-refractivity contribution in [3.63, 3.8) is 0 Å². The van der Waals surface area contributed by atoms with Crippen molar-refractivity contribution in [3.8, 4) is 0 Å². The van der Waals surface area contributed by atoms with Crippen LogP contribution >= 0.6 is 23.2 Å². The molecule has 5 nitrogen and oxygen atoms in total. The van der Waals surface area contributed by atoms with Gasteiger partial charge < -0.3 is 5.32 Å². The number of rotatable bonds is 7. The molecule has 26 heavy (non-hydrogen) atoms. The van der Waals surface area contributed by atoms with Gasteiger partial charge in [-0.1, -0.05) is 53.5 Å². The molecular formula is C18H20Cl2N2O3S. The predicted octanol–water partition coefficient (Wildman–Crippen LogP) is 3.75. The van der Waals surface area contributed by atoms with Crippen molar-refractivity contribution < 1.29 is 13.2 Å². The SMILES string of the molecule is CC(C)NS(=O)(=O)Cc1ccccc1CNC(=O)c1c(Cl)cccc1Cl. The summed E-state index contributed by atoms with van der Waals surface area (Å²) < 4.78 is 26.9. The maximum atomic E-state index is 12.4. The van der Waals surface area contributed by atoms with Gasteiger partial charge in [-0.05, 0) is 37.1 Å². The zero-order valence-corrected chi connectivity index (χ0v) is 16.8. The number of amides is 1. The summed E-state index contributed by atoms with van der Waals surface area (Å²) in [5.41, 5.74) is 1.52. The van der Waals surface area contributed by atoms with E-state index in [0.717, 1.165) is 0 Å². The number of halogens is 2. The van der Waals surface area contributed by atoms with Gasteiger partial charge >= 0.3 is 0 Å². The molecule has 0 aliphatic heterocycles. The first kappa shape index (κ1) is 20.7. The summed E-state index contributed by atoms with van der Waals surface area (Å²) in [6, 6.07) is 11.7. The highest BCUT2D eigenvalue weighted by Crippen LogP contribution is 2.24. The average Bonchev–Trinajstić information content (AvgIpc) is 2.52. The van der Waals surface area contributed by atoms with Crippen LogP contribution in [0.3, 0.4) is 0 Å². The molecule has 0 fully saturated rings. The second-order valence-corrected chi connectivity index (χ2v) is 8.65. The number of carbonyl (C=O) groups is 1. The van der Waals surface area contributed by atoms with E-state index in [9.17, 15) is 13.2 Å².